The van der Waals surface area contributed by atoms with Gasteiger partial charge in [0.05, 0.1) is 4.99 Å². The standard InChI is InChI=1S/C10H18N4OS2/c1-6(8(11)16)5-14(3)10-12-9(13-17-10)7(2)15-4/h6-7H,5H2,1-4H3,(H2,11,16). The molecule has 5 nitrogen and oxygen atoms in total. The molecule has 0 fully saturated rings. The number of nitrogens with two attached hydrogens (primary N) is 1. The van der Waals surface area contributed by atoms with E-state index in [0.717, 1.165) is 11.7 Å². The minimum absolute atomic E-state index is 0.0820. The van der Waals surface area contributed by atoms with Gasteiger partial charge in [-0.1, -0.05) is 19.1 Å². The number of nitrogens with zero attached hydrogens (tertiary/aromatic N) is 3. The van der Waals surface area contributed by atoms with Crippen LogP contribution in [0.3, 0.4) is 0 Å². The molecule has 0 radical (unpaired) electrons. The second kappa shape index (κ2) is 6.23. The topological polar surface area (TPSA) is 64.3 Å². The molecule has 0 amide bonds. The van der Waals surface area contributed by atoms with Gasteiger partial charge in [0.1, 0.15) is 6.10 Å². The number of methoxy groups -OCH3 is 1. The summed E-state index contributed by atoms with van der Waals surface area (Å²) in [6, 6.07) is 0. The van der Waals surface area contributed by atoms with Crippen molar-refractivity contribution in [3.8, 4) is 0 Å². The first kappa shape index (κ1) is 14.3. The quantitative estimate of drug-likeness (QED) is 0.795. The second-order valence-electron chi connectivity index (χ2n) is 4.00. The molecule has 0 bridgehead atoms. The molecule has 0 aromatic carbocycles. The van der Waals surface area contributed by atoms with Gasteiger partial charge in [0, 0.05) is 38.2 Å². The summed E-state index contributed by atoms with van der Waals surface area (Å²) in [4.78, 5) is 6.95. The number of thiocarbonyl (C=S) groups is 1. The van der Waals surface area contributed by atoms with E-state index in [4.69, 9.17) is 22.7 Å². The Bertz CT molecular complexity index is 382. The summed E-state index contributed by atoms with van der Waals surface area (Å²) in [5, 5.41) is 0.854. The summed E-state index contributed by atoms with van der Waals surface area (Å²) in [5.41, 5.74) is 5.59. The summed E-state index contributed by atoms with van der Waals surface area (Å²) < 4.78 is 9.43. The molecular formula is C10H18N4OS2. The van der Waals surface area contributed by atoms with Crippen molar-refractivity contribution in [1.82, 2.24) is 9.36 Å². The second-order valence-corrected chi connectivity index (χ2v) is 5.20. The fraction of sp³-hybridized carbons (Fsp3) is 0.700. The van der Waals surface area contributed by atoms with Gasteiger partial charge in [0.15, 0.2) is 5.82 Å². The predicted octanol–water partition coefficient (Wildman–Crippen LogP) is 1.60. The smallest absolute Gasteiger partial charge is 0.205 e. The largest absolute Gasteiger partial charge is 0.393 e. The SMILES string of the molecule is COC(C)c1nsc(N(C)CC(C)C(N)=S)n1. The van der Waals surface area contributed by atoms with Gasteiger partial charge < -0.3 is 15.4 Å². The minimum atomic E-state index is -0.0820. The van der Waals surface area contributed by atoms with Crippen LogP contribution >= 0.6 is 23.8 Å². The molecule has 0 aliphatic rings. The van der Waals surface area contributed by atoms with Crippen molar-refractivity contribution in [2.75, 3.05) is 25.6 Å². The monoisotopic (exact) mass is 274 g/mol. The fourth-order valence-corrected chi connectivity index (χ4v) is 2.02. The van der Waals surface area contributed by atoms with Crippen molar-refractivity contribution in [3.63, 3.8) is 0 Å². The molecule has 1 rings (SSSR count). The van der Waals surface area contributed by atoms with E-state index in [-0.39, 0.29) is 12.0 Å². The number of aromatic nitrogens is 2. The number of hydrogen-bond donors (Lipinski definition) is 1. The molecule has 1 aromatic heterocycles. The van der Waals surface area contributed by atoms with Gasteiger partial charge in [-0.25, -0.2) is 4.98 Å². The summed E-state index contributed by atoms with van der Waals surface area (Å²) in [7, 11) is 3.60. The van der Waals surface area contributed by atoms with Gasteiger partial charge in [-0.15, -0.1) is 0 Å². The molecular weight excluding hydrogens is 256 g/mol. The third kappa shape index (κ3) is 3.86. The Kier molecular flexibility index (Phi) is 5.23. The van der Waals surface area contributed by atoms with Crippen LogP contribution in [0.1, 0.15) is 25.8 Å². The minimum Gasteiger partial charge on any atom is -0.393 e. The van der Waals surface area contributed by atoms with E-state index < -0.39 is 0 Å². The van der Waals surface area contributed by atoms with Gasteiger partial charge in [-0.3, -0.25) is 0 Å². The summed E-state index contributed by atoms with van der Waals surface area (Å²) >= 11 is 6.31. The molecule has 0 spiro atoms. The van der Waals surface area contributed by atoms with Crippen LogP contribution in [0.5, 0.6) is 0 Å². The number of hydrogen-bond acceptors (Lipinski definition) is 6. The predicted molar refractivity (Wildman–Crippen MR) is 74.6 cm³/mol. The molecule has 17 heavy (non-hydrogen) atoms. The molecule has 2 N–H and O–H groups in total. The Morgan fingerprint density at radius 1 is 1.59 bits per heavy atom. The first-order chi connectivity index (χ1) is 7.95. The van der Waals surface area contributed by atoms with E-state index in [0.29, 0.717) is 10.8 Å². The van der Waals surface area contributed by atoms with Crippen molar-refractivity contribution in [2.24, 2.45) is 11.7 Å². The Labute approximate surface area is 111 Å². The fourth-order valence-electron chi connectivity index (χ4n) is 1.23. The maximum atomic E-state index is 5.59. The van der Waals surface area contributed by atoms with E-state index in [1.54, 1.807) is 7.11 Å². The molecule has 1 aromatic rings. The van der Waals surface area contributed by atoms with Crippen LogP contribution in [0, 0.1) is 5.92 Å². The molecule has 0 aliphatic heterocycles. The molecule has 1 heterocycles. The van der Waals surface area contributed by atoms with Crippen LogP contribution in [0.2, 0.25) is 0 Å². The van der Waals surface area contributed by atoms with E-state index in [9.17, 15) is 0 Å². The van der Waals surface area contributed by atoms with Crippen molar-refractivity contribution in [1.29, 1.82) is 0 Å². The van der Waals surface area contributed by atoms with Gasteiger partial charge in [0.2, 0.25) is 5.13 Å². The maximum Gasteiger partial charge on any atom is 0.205 e. The lowest BCUT2D eigenvalue weighted by atomic mass is 10.2. The molecule has 2 atom stereocenters. The highest BCUT2D eigenvalue weighted by Crippen LogP contribution is 2.21. The van der Waals surface area contributed by atoms with Crippen molar-refractivity contribution in [2.45, 2.75) is 20.0 Å². The highest BCUT2D eigenvalue weighted by atomic mass is 32.1. The highest BCUT2D eigenvalue weighted by Gasteiger charge is 2.16. The number of ether oxygens (including phenoxy) is 1. The van der Waals surface area contributed by atoms with Gasteiger partial charge in [0.25, 0.3) is 0 Å². The number of rotatable bonds is 6. The lowest BCUT2D eigenvalue weighted by Crippen LogP contribution is -2.31. The third-order valence-electron chi connectivity index (χ3n) is 2.51. The molecule has 0 aliphatic carbocycles. The molecule has 0 saturated heterocycles. The summed E-state index contributed by atoms with van der Waals surface area (Å²) in [6.45, 7) is 4.66. The highest BCUT2D eigenvalue weighted by molar-refractivity contribution is 7.80. The van der Waals surface area contributed by atoms with Crippen molar-refractivity contribution < 1.29 is 4.74 Å². The van der Waals surface area contributed by atoms with Crippen LogP contribution in [-0.2, 0) is 4.74 Å². The van der Waals surface area contributed by atoms with Crippen LogP contribution < -0.4 is 10.6 Å². The van der Waals surface area contributed by atoms with E-state index in [1.807, 2.05) is 25.8 Å². The summed E-state index contributed by atoms with van der Waals surface area (Å²) in [5.74, 6) is 0.865. The Morgan fingerprint density at radius 2 is 2.24 bits per heavy atom. The average molecular weight is 274 g/mol. The third-order valence-corrected chi connectivity index (χ3v) is 3.76. The number of anilines is 1. The normalized spacial score (nSPS) is 14.4. The molecule has 96 valence electrons. The van der Waals surface area contributed by atoms with Crippen LogP contribution in [-0.4, -0.2) is 35.0 Å². The zero-order valence-corrected chi connectivity index (χ0v) is 12.1. The Morgan fingerprint density at radius 3 is 2.76 bits per heavy atom. The van der Waals surface area contributed by atoms with Gasteiger partial charge in [-0.05, 0) is 6.92 Å². The van der Waals surface area contributed by atoms with E-state index in [1.165, 1.54) is 11.5 Å². The molecule has 0 saturated carbocycles. The average Bonchev–Trinajstić information content (AvgIpc) is 2.77. The van der Waals surface area contributed by atoms with Gasteiger partial charge >= 0.3 is 0 Å². The van der Waals surface area contributed by atoms with Gasteiger partial charge in [-0.2, -0.15) is 4.37 Å². The van der Waals surface area contributed by atoms with Crippen molar-refractivity contribution in [3.05, 3.63) is 5.82 Å². The van der Waals surface area contributed by atoms with Crippen LogP contribution in [0.4, 0.5) is 5.13 Å². The Balaban J connectivity index is 2.66. The first-order valence-corrected chi connectivity index (χ1v) is 6.50. The van der Waals surface area contributed by atoms with E-state index in [2.05, 4.69) is 9.36 Å². The zero-order valence-electron chi connectivity index (χ0n) is 10.5. The van der Waals surface area contributed by atoms with Crippen LogP contribution in [0.15, 0.2) is 0 Å². The lowest BCUT2D eigenvalue weighted by Gasteiger charge is -2.19. The lowest BCUT2D eigenvalue weighted by molar-refractivity contribution is 0.113. The molecule has 7 heteroatoms. The summed E-state index contributed by atoms with van der Waals surface area (Å²) in [6.07, 6.45) is -0.0820. The maximum absolute atomic E-state index is 5.59. The Hall–Kier alpha value is -0.790. The first-order valence-electron chi connectivity index (χ1n) is 5.32. The van der Waals surface area contributed by atoms with E-state index >= 15 is 0 Å². The van der Waals surface area contributed by atoms with Crippen LogP contribution in [0.25, 0.3) is 0 Å². The zero-order chi connectivity index (χ0) is 13.0. The molecule has 2 unspecified atom stereocenters. The van der Waals surface area contributed by atoms with Crippen molar-refractivity contribution >= 4 is 33.9 Å².